The largest absolute Gasteiger partial charge is 0.306 e. The second-order valence-electron chi connectivity index (χ2n) is 4.16. The molecule has 0 amide bonds. The van der Waals surface area contributed by atoms with Crippen molar-refractivity contribution >= 4 is 11.5 Å². The maximum Gasteiger partial charge on any atom is 0.0804 e. The van der Waals surface area contributed by atoms with Crippen molar-refractivity contribution in [2.24, 2.45) is 0 Å². The Kier molecular flexibility index (Phi) is 4.38. The fraction of sp³-hybridized carbons (Fsp3) is 0.462. The fourth-order valence-electron chi connectivity index (χ4n) is 1.90. The number of aromatic nitrogens is 3. The molecule has 0 spiro atoms. The summed E-state index contributed by atoms with van der Waals surface area (Å²) < 4.78 is 4.07. The van der Waals surface area contributed by atoms with E-state index in [4.69, 9.17) is 0 Å². The van der Waals surface area contributed by atoms with Crippen LogP contribution in [-0.2, 0) is 6.42 Å². The Morgan fingerprint density at radius 2 is 2.17 bits per heavy atom. The van der Waals surface area contributed by atoms with Gasteiger partial charge in [-0.25, -0.2) is 0 Å². The van der Waals surface area contributed by atoms with Crippen LogP contribution in [0, 0.1) is 6.92 Å². The summed E-state index contributed by atoms with van der Waals surface area (Å²) in [6.45, 7) is 7.11. The van der Waals surface area contributed by atoms with Gasteiger partial charge in [-0.3, -0.25) is 4.98 Å². The Morgan fingerprint density at radius 1 is 1.33 bits per heavy atom. The second-order valence-corrected chi connectivity index (χ2v) is 4.95. The van der Waals surface area contributed by atoms with E-state index in [0.717, 1.165) is 24.4 Å². The van der Waals surface area contributed by atoms with Gasteiger partial charge in [0.25, 0.3) is 0 Å². The Bertz CT molecular complexity index is 492. The lowest BCUT2D eigenvalue weighted by Gasteiger charge is -2.17. The number of pyridine rings is 1. The smallest absolute Gasteiger partial charge is 0.0804 e. The molecule has 4 nitrogen and oxygen atoms in total. The van der Waals surface area contributed by atoms with Crippen molar-refractivity contribution in [1.29, 1.82) is 0 Å². The van der Waals surface area contributed by atoms with Crippen molar-refractivity contribution in [3.63, 3.8) is 0 Å². The van der Waals surface area contributed by atoms with Gasteiger partial charge in [0, 0.05) is 11.9 Å². The number of nitrogens with one attached hydrogen (secondary N) is 1. The van der Waals surface area contributed by atoms with Crippen LogP contribution in [-0.4, -0.2) is 21.1 Å². The lowest BCUT2D eigenvalue weighted by Crippen LogP contribution is -2.22. The topological polar surface area (TPSA) is 50.7 Å². The number of hydrogen-bond donors (Lipinski definition) is 1. The summed E-state index contributed by atoms with van der Waals surface area (Å²) in [5.41, 5.74) is 3.28. The highest BCUT2D eigenvalue weighted by Crippen LogP contribution is 2.27. The summed E-state index contributed by atoms with van der Waals surface area (Å²) in [6, 6.07) is 4.31. The van der Waals surface area contributed by atoms with Crippen LogP contribution < -0.4 is 5.32 Å². The molecule has 0 aliphatic heterocycles. The van der Waals surface area contributed by atoms with Gasteiger partial charge in [-0.15, -0.1) is 5.10 Å². The van der Waals surface area contributed by atoms with Gasteiger partial charge in [0.15, 0.2) is 0 Å². The number of rotatable bonds is 5. The molecular weight excluding hydrogens is 244 g/mol. The third kappa shape index (κ3) is 2.73. The summed E-state index contributed by atoms with van der Waals surface area (Å²) in [5, 5.41) is 7.67. The summed E-state index contributed by atoms with van der Waals surface area (Å²) in [6.07, 6.45) is 2.84. The van der Waals surface area contributed by atoms with Crippen molar-refractivity contribution in [3.8, 4) is 0 Å². The van der Waals surface area contributed by atoms with E-state index in [2.05, 4.69) is 39.8 Å². The van der Waals surface area contributed by atoms with Crippen LogP contribution in [0.4, 0.5) is 0 Å². The molecule has 0 radical (unpaired) electrons. The quantitative estimate of drug-likeness (QED) is 0.899. The van der Waals surface area contributed by atoms with E-state index >= 15 is 0 Å². The van der Waals surface area contributed by atoms with E-state index in [0.29, 0.717) is 0 Å². The molecule has 0 aliphatic carbocycles. The molecule has 0 bridgehead atoms. The van der Waals surface area contributed by atoms with Gasteiger partial charge < -0.3 is 5.32 Å². The van der Waals surface area contributed by atoms with Gasteiger partial charge in [0.2, 0.25) is 0 Å². The highest BCUT2D eigenvalue weighted by atomic mass is 32.1. The predicted octanol–water partition coefficient (Wildman–Crippen LogP) is 2.50. The molecule has 1 unspecified atom stereocenters. The summed E-state index contributed by atoms with van der Waals surface area (Å²) in [5.74, 6) is 0. The SMILES string of the molecule is CCNC(c1ccc(C)nc1)c1snnc1CC. The fourth-order valence-corrected chi connectivity index (χ4v) is 2.74. The van der Waals surface area contributed by atoms with E-state index in [1.54, 1.807) is 0 Å². The molecule has 2 rings (SSSR count). The molecule has 2 aromatic rings. The van der Waals surface area contributed by atoms with E-state index in [1.807, 2.05) is 19.2 Å². The normalized spacial score (nSPS) is 12.6. The number of hydrogen-bond acceptors (Lipinski definition) is 5. The minimum absolute atomic E-state index is 0.151. The zero-order valence-corrected chi connectivity index (χ0v) is 11.8. The molecule has 0 aliphatic rings. The molecule has 2 heterocycles. The Hall–Kier alpha value is -1.33. The van der Waals surface area contributed by atoms with E-state index < -0.39 is 0 Å². The molecule has 0 saturated carbocycles. The molecule has 1 atom stereocenters. The van der Waals surface area contributed by atoms with Gasteiger partial charge >= 0.3 is 0 Å². The Balaban J connectivity index is 2.36. The molecule has 18 heavy (non-hydrogen) atoms. The van der Waals surface area contributed by atoms with Crippen molar-refractivity contribution in [2.75, 3.05) is 6.54 Å². The molecule has 0 fully saturated rings. The monoisotopic (exact) mass is 262 g/mol. The molecule has 0 saturated heterocycles. The Morgan fingerprint density at radius 3 is 2.78 bits per heavy atom. The minimum Gasteiger partial charge on any atom is -0.306 e. The van der Waals surface area contributed by atoms with Crippen LogP contribution in [0.25, 0.3) is 0 Å². The average Bonchev–Trinajstić information content (AvgIpc) is 2.85. The highest BCUT2D eigenvalue weighted by Gasteiger charge is 2.19. The first-order valence-electron chi connectivity index (χ1n) is 6.23. The summed E-state index contributed by atoms with van der Waals surface area (Å²) >= 11 is 1.47. The third-order valence-corrected chi connectivity index (χ3v) is 3.69. The van der Waals surface area contributed by atoms with E-state index in [1.165, 1.54) is 22.0 Å². The maximum atomic E-state index is 4.37. The van der Waals surface area contributed by atoms with Crippen LogP contribution in [0.15, 0.2) is 18.3 Å². The number of aryl methyl sites for hydroxylation is 2. The first kappa shape index (κ1) is 13.1. The van der Waals surface area contributed by atoms with Crippen molar-refractivity contribution in [2.45, 2.75) is 33.2 Å². The first-order chi connectivity index (χ1) is 8.76. The Labute approximate surface area is 112 Å². The number of nitrogens with zero attached hydrogens (tertiary/aromatic N) is 3. The van der Waals surface area contributed by atoms with E-state index in [9.17, 15) is 0 Å². The lowest BCUT2D eigenvalue weighted by atomic mass is 10.1. The summed E-state index contributed by atoms with van der Waals surface area (Å²) in [7, 11) is 0. The average molecular weight is 262 g/mol. The second kappa shape index (κ2) is 6.02. The molecule has 5 heteroatoms. The molecule has 0 aromatic carbocycles. The lowest BCUT2D eigenvalue weighted by molar-refractivity contribution is 0.630. The van der Waals surface area contributed by atoms with Gasteiger partial charge in [0.1, 0.15) is 0 Å². The van der Waals surface area contributed by atoms with E-state index in [-0.39, 0.29) is 6.04 Å². The van der Waals surface area contributed by atoms with Crippen LogP contribution in [0.3, 0.4) is 0 Å². The van der Waals surface area contributed by atoms with Crippen molar-refractivity contribution in [3.05, 3.63) is 40.2 Å². The van der Waals surface area contributed by atoms with Crippen LogP contribution in [0.2, 0.25) is 0 Å². The molecule has 1 N–H and O–H groups in total. The van der Waals surface area contributed by atoms with Crippen molar-refractivity contribution in [1.82, 2.24) is 19.9 Å². The van der Waals surface area contributed by atoms with Gasteiger partial charge in [-0.1, -0.05) is 24.4 Å². The van der Waals surface area contributed by atoms with Crippen LogP contribution in [0.1, 0.15) is 41.7 Å². The van der Waals surface area contributed by atoms with Gasteiger partial charge in [-0.2, -0.15) is 0 Å². The van der Waals surface area contributed by atoms with Crippen LogP contribution in [0.5, 0.6) is 0 Å². The maximum absolute atomic E-state index is 4.37. The van der Waals surface area contributed by atoms with Crippen molar-refractivity contribution < 1.29 is 0 Å². The predicted molar refractivity (Wildman–Crippen MR) is 73.8 cm³/mol. The molecule has 2 aromatic heterocycles. The zero-order chi connectivity index (χ0) is 13.0. The third-order valence-electron chi connectivity index (χ3n) is 2.86. The molecular formula is C13H18N4S. The summed E-state index contributed by atoms with van der Waals surface area (Å²) in [4.78, 5) is 5.57. The van der Waals surface area contributed by atoms with Gasteiger partial charge in [-0.05, 0) is 43.1 Å². The van der Waals surface area contributed by atoms with Gasteiger partial charge in [0.05, 0.1) is 16.6 Å². The molecule has 96 valence electrons. The minimum atomic E-state index is 0.151. The standard InChI is InChI=1S/C13H18N4S/c1-4-11-13(18-17-16-11)12(14-5-2)10-7-6-9(3)15-8-10/h6-8,12,14H,4-5H2,1-3H3. The highest BCUT2D eigenvalue weighted by molar-refractivity contribution is 7.05. The zero-order valence-electron chi connectivity index (χ0n) is 11.0. The van der Waals surface area contributed by atoms with Crippen LogP contribution >= 0.6 is 11.5 Å². The first-order valence-corrected chi connectivity index (χ1v) is 7.00.